The summed E-state index contributed by atoms with van der Waals surface area (Å²) in [5, 5.41) is 9.46. The molecule has 0 aliphatic carbocycles. The molecule has 0 amide bonds. The van der Waals surface area contributed by atoms with Crippen LogP contribution in [0.3, 0.4) is 0 Å². The largest absolute Gasteiger partial charge is 0.432 e. The highest BCUT2D eigenvalue weighted by molar-refractivity contribution is 6.54. The molecule has 1 aromatic rings. The lowest BCUT2D eigenvalue weighted by Crippen LogP contribution is -2.35. The first-order valence-electron chi connectivity index (χ1n) is 4.51. The zero-order chi connectivity index (χ0) is 9.42. The Morgan fingerprint density at radius 3 is 3.00 bits per heavy atom. The molecule has 4 heteroatoms. The summed E-state index contributed by atoms with van der Waals surface area (Å²) >= 11 is 0. The van der Waals surface area contributed by atoms with Crippen molar-refractivity contribution in [1.29, 1.82) is 0 Å². The second-order valence-electron chi connectivity index (χ2n) is 3.46. The molecule has 1 heterocycles. The Morgan fingerprint density at radius 2 is 2.31 bits per heavy atom. The van der Waals surface area contributed by atoms with Crippen LogP contribution in [0.25, 0.3) is 0 Å². The van der Waals surface area contributed by atoms with Gasteiger partial charge in [0.05, 0.1) is 0 Å². The summed E-state index contributed by atoms with van der Waals surface area (Å²) < 4.78 is 0. The van der Waals surface area contributed by atoms with Crippen LogP contribution in [0.1, 0.15) is 5.56 Å². The zero-order valence-corrected chi connectivity index (χ0v) is 7.70. The van der Waals surface area contributed by atoms with E-state index in [1.165, 1.54) is 5.56 Å². The first kappa shape index (κ1) is 8.44. The summed E-state index contributed by atoms with van der Waals surface area (Å²) in [5.41, 5.74) is 8.82. The van der Waals surface area contributed by atoms with Crippen molar-refractivity contribution in [2.75, 3.05) is 17.1 Å². The lowest BCUT2D eigenvalue weighted by molar-refractivity contribution is 0.572. The molecule has 0 fully saturated rings. The minimum atomic E-state index is -0.412. The molecule has 68 valence electrons. The molecule has 0 radical (unpaired) electrons. The first-order chi connectivity index (χ1) is 6.18. The SMILES string of the molecule is CB(O)N1CCc2cc(N)ccc21. The van der Waals surface area contributed by atoms with E-state index in [4.69, 9.17) is 5.73 Å². The summed E-state index contributed by atoms with van der Waals surface area (Å²) in [4.78, 5) is 1.98. The number of rotatable bonds is 1. The molecule has 0 unspecified atom stereocenters. The smallest absolute Gasteiger partial charge is 0.409 e. The Balaban J connectivity index is 2.38. The summed E-state index contributed by atoms with van der Waals surface area (Å²) in [5.74, 6) is 0. The number of nitrogen functional groups attached to an aromatic ring is 1. The van der Waals surface area contributed by atoms with Crippen molar-refractivity contribution in [3.63, 3.8) is 0 Å². The highest BCUT2D eigenvalue weighted by atomic mass is 16.2. The third-order valence-electron chi connectivity index (χ3n) is 2.49. The molecule has 0 atom stereocenters. The van der Waals surface area contributed by atoms with E-state index in [1.54, 1.807) is 6.82 Å². The van der Waals surface area contributed by atoms with Crippen LogP contribution in [0, 0.1) is 0 Å². The molecule has 1 aliphatic rings. The Labute approximate surface area is 78.3 Å². The molecule has 0 bridgehead atoms. The molecule has 3 N–H and O–H groups in total. The van der Waals surface area contributed by atoms with Crippen molar-refractivity contribution in [3.8, 4) is 0 Å². The molecular formula is C9H13BN2O. The normalized spacial score (nSPS) is 14.5. The van der Waals surface area contributed by atoms with Crippen molar-refractivity contribution >= 4 is 18.4 Å². The number of nitrogens with two attached hydrogens (primary N) is 1. The van der Waals surface area contributed by atoms with Gasteiger partial charge >= 0.3 is 7.05 Å². The third-order valence-corrected chi connectivity index (χ3v) is 2.49. The fourth-order valence-electron chi connectivity index (χ4n) is 1.84. The van der Waals surface area contributed by atoms with E-state index >= 15 is 0 Å². The van der Waals surface area contributed by atoms with Gasteiger partial charge in [-0.05, 0) is 37.0 Å². The van der Waals surface area contributed by atoms with Gasteiger partial charge in [-0.3, -0.25) is 0 Å². The van der Waals surface area contributed by atoms with Gasteiger partial charge in [-0.1, -0.05) is 0 Å². The van der Waals surface area contributed by atoms with E-state index in [0.717, 1.165) is 24.3 Å². The van der Waals surface area contributed by atoms with Crippen LogP contribution in [-0.2, 0) is 6.42 Å². The van der Waals surface area contributed by atoms with Gasteiger partial charge in [-0.2, -0.15) is 0 Å². The van der Waals surface area contributed by atoms with Crippen LogP contribution in [0.15, 0.2) is 18.2 Å². The highest BCUT2D eigenvalue weighted by Crippen LogP contribution is 2.29. The van der Waals surface area contributed by atoms with Crippen LogP contribution < -0.4 is 10.5 Å². The van der Waals surface area contributed by atoms with Crippen LogP contribution >= 0.6 is 0 Å². The number of fused-ring (bicyclic) bond motifs is 1. The number of anilines is 2. The molecular weight excluding hydrogens is 163 g/mol. The molecule has 2 rings (SSSR count). The zero-order valence-electron chi connectivity index (χ0n) is 7.70. The van der Waals surface area contributed by atoms with Crippen LogP contribution in [0.2, 0.25) is 6.82 Å². The molecule has 0 aromatic heterocycles. The minimum Gasteiger partial charge on any atom is -0.432 e. The first-order valence-corrected chi connectivity index (χ1v) is 4.51. The van der Waals surface area contributed by atoms with E-state index in [0.29, 0.717) is 0 Å². The predicted molar refractivity (Wildman–Crippen MR) is 55.7 cm³/mol. The van der Waals surface area contributed by atoms with Crippen molar-refractivity contribution in [1.82, 2.24) is 0 Å². The second kappa shape index (κ2) is 2.96. The second-order valence-corrected chi connectivity index (χ2v) is 3.46. The fourth-order valence-corrected chi connectivity index (χ4v) is 1.84. The van der Waals surface area contributed by atoms with E-state index in [1.807, 2.05) is 23.0 Å². The topological polar surface area (TPSA) is 49.5 Å². The number of benzene rings is 1. The maximum atomic E-state index is 9.46. The minimum absolute atomic E-state index is 0.412. The number of nitrogens with zero attached hydrogens (tertiary/aromatic N) is 1. The molecule has 1 aromatic carbocycles. The van der Waals surface area contributed by atoms with Gasteiger partial charge in [0.15, 0.2) is 0 Å². The molecule has 0 saturated heterocycles. The monoisotopic (exact) mass is 176 g/mol. The van der Waals surface area contributed by atoms with Crippen LogP contribution in [-0.4, -0.2) is 18.6 Å². The predicted octanol–water partition coefficient (Wildman–Crippen LogP) is 0.742. The molecule has 3 nitrogen and oxygen atoms in total. The van der Waals surface area contributed by atoms with E-state index in [9.17, 15) is 5.02 Å². The van der Waals surface area contributed by atoms with Gasteiger partial charge < -0.3 is 15.6 Å². The standard InChI is InChI=1S/C9H13BN2O/c1-10(13)12-5-4-7-6-8(11)2-3-9(7)12/h2-3,6,13H,4-5,11H2,1H3. The number of hydrogen-bond acceptors (Lipinski definition) is 3. The summed E-state index contributed by atoms with van der Waals surface area (Å²) in [6.07, 6.45) is 0.977. The van der Waals surface area contributed by atoms with E-state index in [2.05, 4.69) is 0 Å². The molecule has 13 heavy (non-hydrogen) atoms. The highest BCUT2D eigenvalue weighted by Gasteiger charge is 2.24. The van der Waals surface area contributed by atoms with Crippen molar-refractivity contribution in [3.05, 3.63) is 23.8 Å². The van der Waals surface area contributed by atoms with Crippen molar-refractivity contribution in [2.24, 2.45) is 0 Å². The van der Waals surface area contributed by atoms with E-state index < -0.39 is 7.05 Å². The van der Waals surface area contributed by atoms with Gasteiger partial charge in [-0.25, -0.2) is 0 Å². The lowest BCUT2D eigenvalue weighted by Gasteiger charge is -2.19. The average molecular weight is 176 g/mol. The van der Waals surface area contributed by atoms with Gasteiger partial charge in [0, 0.05) is 17.9 Å². The number of hydrogen-bond donors (Lipinski definition) is 2. The van der Waals surface area contributed by atoms with Gasteiger partial charge in [0.25, 0.3) is 0 Å². The summed E-state index contributed by atoms with van der Waals surface area (Å²) in [7, 11) is -0.412. The fraction of sp³-hybridized carbons (Fsp3) is 0.333. The van der Waals surface area contributed by atoms with Gasteiger partial charge in [0.2, 0.25) is 0 Å². The summed E-state index contributed by atoms with van der Waals surface area (Å²) in [6, 6.07) is 5.83. The Hall–Kier alpha value is -1.16. The third kappa shape index (κ3) is 1.37. The lowest BCUT2D eigenvalue weighted by atomic mass is 9.85. The molecule has 1 aliphatic heterocycles. The average Bonchev–Trinajstić information content (AvgIpc) is 2.46. The van der Waals surface area contributed by atoms with Crippen molar-refractivity contribution in [2.45, 2.75) is 13.2 Å². The van der Waals surface area contributed by atoms with E-state index in [-0.39, 0.29) is 0 Å². The van der Waals surface area contributed by atoms with Gasteiger partial charge in [-0.15, -0.1) is 0 Å². The van der Waals surface area contributed by atoms with Crippen molar-refractivity contribution < 1.29 is 5.02 Å². The maximum absolute atomic E-state index is 9.46. The Morgan fingerprint density at radius 1 is 1.54 bits per heavy atom. The maximum Gasteiger partial charge on any atom is 0.409 e. The molecule has 0 spiro atoms. The van der Waals surface area contributed by atoms with Crippen LogP contribution in [0.5, 0.6) is 0 Å². The van der Waals surface area contributed by atoms with Crippen LogP contribution in [0.4, 0.5) is 11.4 Å². The molecule has 0 saturated carbocycles. The quantitative estimate of drug-likeness (QED) is 0.490. The Kier molecular flexibility index (Phi) is 1.92. The Bertz CT molecular complexity index is 327. The summed E-state index contributed by atoms with van der Waals surface area (Å²) in [6.45, 7) is 2.67. The van der Waals surface area contributed by atoms with Gasteiger partial charge in [0.1, 0.15) is 0 Å².